The Morgan fingerprint density at radius 3 is 1.50 bits per heavy atom. The Morgan fingerprint density at radius 1 is 1.14 bits per heavy atom. The van der Waals surface area contributed by atoms with Gasteiger partial charge in [0.25, 0.3) is 0 Å². The number of pyridine rings is 1. The number of rotatable bonds is 0. The van der Waals surface area contributed by atoms with Gasteiger partial charge >= 0.3 is 34.2 Å². The maximum Gasteiger partial charge on any atom is 0.166 e. The topological polar surface area (TPSA) is 71.3 Å². The zero-order valence-corrected chi connectivity index (χ0v) is 10.4. The van der Waals surface area contributed by atoms with Crippen molar-refractivity contribution in [3.63, 3.8) is 0 Å². The van der Waals surface area contributed by atoms with Crippen LogP contribution in [-0.2, 0) is 20.0 Å². The van der Waals surface area contributed by atoms with Crippen LogP contribution < -0.4 is 9.14 Å². The van der Waals surface area contributed by atoms with Gasteiger partial charge in [0.2, 0.25) is 0 Å². The molecule has 0 aromatic carbocycles. The molecule has 1 N–H and O–H groups in total. The molecule has 1 aromatic rings. The van der Waals surface area contributed by atoms with Crippen LogP contribution in [0.3, 0.4) is 0 Å². The standard InChI is InChI=1S/C5H5N.CH2Cl2.ClH.Cr.3O/c1-2-4-6-5-3-1;2-1-3;;;;;/h1-5H;1H2;1H;;;;/q;;;+1;;;-1. The first-order chi connectivity index (χ1) is 6.41. The number of hydrogen-bond donors (Lipinski definition) is 0. The van der Waals surface area contributed by atoms with E-state index in [1.54, 1.807) is 0 Å². The van der Waals surface area contributed by atoms with E-state index in [2.05, 4.69) is 15.0 Å². The van der Waals surface area contributed by atoms with E-state index in [9.17, 15) is 0 Å². The summed E-state index contributed by atoms with van der Waals surface area (Å²) in [5.41, 5.74) is 0. The van der Waals surface area contributed by atoms with Crippen LogP contribution >= 0.6 is 33.3 Å². The summed E-state index contributed by atoms with van der Waals surface area (Å²) < 4.78 is 26.7. The summed E-state index contributed by atoms with van der Waals surface area (Å²) in [4.78, 5) is 2.89. The molecule has 1 heterocycles. The molecule has 82 valence electrons. The Bertz CT molecular complexity index is 258. The molecule has 0 saturated carbocycles. The average molecular weight is 300 g/mol. The van der Waals surface area contributed by atoms with Crippen LogP contribution in [-0.4, -0.2) is 5.34 Å². The number of hydrogen-bond acceptors (Lipinski definition) is 3. The molecule has 0 aliphatic carbocycles. The van der Waals surface area contributed by atoms with E-state index in [1.807, 2.05) is 30.6 Å². The van der Waals surface area contributed by atoms with Crippen LogP contribution in [0.15, 0.2) is 30.6 Å². The van der Waals surface area contributed by atoms with Gasteiger partial charge in [0.15, 0.2) is 12.4 Å². The summed E-state index contributed by atoms with van der Waals surface area (Å²) in [6.45, 7) is 0. The number of halogens is 3. The first-order valence-corrected chi connectivity index (χ1v) is 7.48. The fourth-order valence-corrected chi connectivity index (χ4v) is 0.342. The van der Waals surface area contributed by atoms with Gasteiger partial charge in [0.05, 0.1) is 5.34 Å². The summed E-state index contributed by atoms with van der Waals surface area (Å²) in [5, 5.41) is 0.194. The molecule has 0 spiro atoms. The normalized spacial score (nSPS) is 8.86. The van der Waals surface area contributed by atoms with Gasteiger partial charge in [-0.25, -0.2) is 4.98 Å². The fourth-order valence-electron chi connectivity index (χ4n) is 0.342. The molecule has 0 aliphatic rings. The first kappa shape index (κ1) is 16.5. The maximum atomic E-state index is 8.91. The zero-order valence-electron chi connectivity index (χ0n) is 6.86. The first-order valence-electron chi connectivity index (χ1n) is 3.10. The van der Waals surface area contributed by atoms with E-state index in [0.717, 1.165) is 0 Å². The Morgan fingerprint density at radius 2 is 1.43 bits per heavy atom. The second-order valence-corrected chi connectivity index (χ2v) is 5.17. The fraction of sp³-hybridized carbons (Fsp3) is 0.167. The Labute approximate surface area is 98.1 Å². The summed E-state index contributed by atoms with van der Waals surface area (Å²) in [6, 6.07) is 5.86. The van der Waals surface area contributed by atoms with E-state index in [-0.39, 0.29) is 5.34 Å². The number of aromatic nitrogens is 1. The van der Waals surface area contributed by atoms with Gasteiger partial charge in [-0.15, -0.1) is 23.2 Å². The van der Waals surface area contributed by atoms with E-state index >= 15 is 0 Å². The SMILES string of the molecule is ClCCl.[O]=[Cr](=[O])([O-])[Cl].c1cc[nH+]cc1. The Kier molecular flexibility index (Phi) is 13.2. The van der Waals surface area contributed by atoms with Crippen molar-refractivity contribution >= 4 is 33.3 Å². The van der Waals surface area contributed by atoms with Crippen molar-refractivity contribution < 1.29 is 29.1 Å². The minimum absolute atomic E-state index is 0.194. The molecule has 0 unspecified atom stereocenters. The third-order valence-corrected chi connectivity index (χ3v) is 0.607. The molecule has 8 heteroatoms. The smallest absolute Gasteiger partial charge is 0.166 e. The zero-order chi connectivity index (χ0) is 11.4. The average Bonchev–Trinajstić information content (AvgIpc) is 2.06. The van der Waals surface area contributed by atoms with Gasteiger partial charge < -0.3 is 0 Å². The van der Waals surface area contributed by atoms with Crippen molar-refractivity contribution in [2.24, 2.45) is 0 Å². The van der Waals surface area contributed by atoms with Gasteiger partial charge in [-0.2, -0.15) is 0 Å². The van der Waals surface area contributed by atoms with Crippen molar-refractivity contribution in [3.8, 4) is 0 Å². The van der Waals surface area contributed by atoms with Gasteiger partial charge in [-0.05, 0) is 0 Å². The molecule has 1 rings (SSSR count). The molecule has 0 atom stereocenters. The van der Waals surface area contributed by atoms with Gasteiger partial charge in [-0.3, -0.25) is 0 Å². The molecule has 0 aliphatic heterocycles. The minimum atomic E-state index is -5.03. The van der Waals surface area contributed by atoms with Gasteiger partial charge in [-0.1, -0.05) is 6.07 Å². The van der Waals surface area contributed by atoms with Crippen molar-refractivity contribution in [1.29, 1.82) is 0 Å². The van der Waals surface area contributed by atoms with Crippen LogP contribution in [0.4, 0.5) is 0 Å². The van der Waals surface area contributed by atoms with Gasteiger partial charge in [0, 0.05) is 12.1 Å². The molecular formula is C6H8Cl3CrNO3. The molecule has 0 radical (unpaired) electrons. The predicted octanol–water partition coefficient (Wildman–Crippen LogP) is 1.18. The number of aromatic amines is 1. The molecule has 4 nitrogen and oxygen atoms in total. The van der Waals surface area contributed by atoms with Gasteiger partial charge in [0.1, 0.15) is 0 Å². The molecular weight excluding hydrogens is 292 g/mol. The summed E-state index contributed by atoms with van der Waals surface area (Å²) >= 11 is 4.50. The maximum absolute atomic E-state index is 8.91. The number of alkyl halides is 2. The Hall–Kier alpha value is 0.112. The van der Waals surface area contributed by atoms with Crippen LogP contribution in [0.5, 0.6) is 0 Å². The molecule has 1 aromatic heterocycles. The van der Waals surface area contributed by atoms with Crippen molar-refractivity contribution in [3.05, 3.63) is 30.6 Å². The van der Waals surface area contributed by atoms with E-state index in [1.165, 1.54) is 0 Å². The molecule has 0 bridgehead atoms. The monoisotopic (exact) mass is 299 g/mol. The minimum Gasteiger partial charge on any atom is -0.218 e. The van der Waals surface area contributed by atoms with E-state index in [0.29, 0.717) is 0 Å². The van der Waals surface area contributed by atoms with E-state index in [4.69, 9.17) is 35.0 Å². The summed E-state index contributed by atoms with van der Waals surface area (Å²) in [6.07, 6.45) is 3.75. The Balaban J connectivity index is 0. The van der Waals surface area contributed by atoms with E-state index < -0.39 is 12.4 Å². The summed E-state index contributed by atoms with van der Waals surface area (Å²) in [5.74, 6) is 0. The van der Waals surface area contributed by atoms with Crippen LogP contribution in [0.25, 0.3) is 0 Å². The third-order valence-electron chi connectivity index (χ3n) is 0.607. The third kappa shape index (κ3) is 40.0. The quantitative estimate of drug-likeness (QED) is 0.676. The summed E-state index contributed by atoms with van der Waals surface area (Å²) in [7, 11) is 4.02. The molecule has 0 saturated heterocycles. The number of H-pyrrole nitrogens is 1. The van der Waals surface area contributed by atoms with Crippen molar-refractivity contribution in [2.45, 2.75) is 0 Å². The molecule has 0 amide bonds. The molecule has 0 fully saturated rings. The van der Waals surface area contributed by atoms with Crippen molar-refractivity contribution in [1.82, 2.24) is 0 Å². The number of nitrogens with one attached hydrogen (secondary N) is 1. The largest absolute Gasteiger partial charge is 0.218 e. The molecule has 14 heavy (non-hydrogen) atoms. The van der Waals surface area contributed by atoms with Crippen LogP contribution in [0.1, 0.15) is 0 Å². The van der Waals surface area contributed by atoms with Crippen molar-refractivity contribution in [2.75, 3.05) is 5.34 Å². The predicted molar refractivity (Wildman–Crippen MR) is 46.8 cm³/mol. The van der Waals surface area contributed by atoms with Crippen LogP contribution in [0.2, 0.25) is 0 Å². The second kappa shape index (κ2) is 11.2. The van der Waals surface area contributed by atoms with Crippen LogP contribution in [0, 0.1) is 0 Å². The second-order valence-electron chi connectivity index (χ2n) is 1.57.